The molecule has 0 radical (unpaired) electrons. The van der Waals surface area contributed by atoms with E-state index in [4.69, 9.17) is 9.39 Å². The molecule has 0 saturated carbocycles. The number of azo groups is 1. The molecule has 0 unspecified atom stereocenters. The number of nitro groups is 1. The Balaban J connectivity index is 1.32. The van der Waals surface area contributed by atoms with E-state index in [-0.39, 0.29) is 43.8 Å². The van der Waals surface area contributed by atoms with Gasteiger partial charge in [-0.3, -0.25) is 29.2 Å². The van der Waals surface area contributed by atoms with Crippen LogP contribution in [0.3, 0.4) is 0 Å². The lowest BCUT2D eigenvalue weighted by Gasteiger charge is -2.21. The average Bonchev–Trinajstić information content (AvgIpc) is 3.36. The van der Waals surface area contributed by atoms with Crippen molar-refractivity contribution in [2.24, 2.45) is 10.2 Å². The maximum absolute atomic E-state index is 12.0. The Labute approximate surface area is 280 Å². The first-order valence-electron chi connectivity index (χ1n) is 15.1. The number of thioether (sulfide) groups is 1. The van der Waals surface area contributed by atoms with Crippen LogP contribution in [0.15, 0.2) is 63.8 Å². The number of aromatic nitrogens is 1. The number of rotatable bonds is 18. The van der Waals surface area contributed by atoms with E-state index in [9.17, 15) is 32.9 Å². The Hall–Kier alpha value is -4.68. The molecule has 2 amide bonds. The van der Waals surface area contributed by atoms with Crippen LogP contribution in [0.25, 0.3) is 10.9 Å². The van der Waals surface area contributed by atoms with Gasteiger partial charge in [-0.15, -0.1) is 5.06 Å². The molecule has 1 aliphatic rings. The van der Waals surface area contributed by atoms with E-state index < -0.39 is 38.6 Å². The molecule has 3 aromatic rings. The monoisotopic (exact) mass is 701 g/mol. The number of carbonyl (C=O) groups excluding carboxylic acids is 3. The number of carbonyl (C=O) groups is 3. The third kappa shape index (κ3) is 10.4. The third-order valence-electron chi connectivity index (χ3n) is 7.24. The van der Waals surface area contributed by atoms with E-state index in [2.05, 4.69) is 25.4 Å². The van der Waals surface area contributed by atoms with Crippen LogP contribution < -0.4 is 10.2 Å². The van der Waals surface area contributed by atoms with Gasteiger partial charge in [-0.25, -0.2) is 4.79 Å². The quantitative estimate of drug-likeness (QED) is 0.0329. The third-order valence-corrected chi connectivity index (χ3v) is 8.93. The SMILES string of the molecule is CN(CCCCCC(=O)ON1C(=O)CCC1=O)c1ccc(N=NCSc2cc([N+](=O)[O-])ccc2NCCCS(=O)(=O)O)c2ncccc12. The first-order valence-corrected chi connectivity index (χ1v) is 17.7. The second-order valence-corrected chi connectivity index (χ2v) is 13.4. The fourth-order valence-electron chi connectivity index (χ4n) is 4.85. The molecule has 0 bridgehead atoms. The molecule has 4 rings (SSSR count). The molecule has 0 atom stereocenters. The number of nitrogens with zero attached hydrogens (tertiary/aromatic N) is 6. The van der Waals surface area contributed by atoms with Crippen molar-refractivity contribution in [1.82, 2.24) is 10.0 Å². The number of benzene rings is 2. The van der Waals surface area contributed by atoms with Gasteiger partial charge in [0.15, 0.2) is 0 Å². The summed E-state index contributed by atoms with van der Waals surface area (Å²) < 4.78 is 30.9. The minimum absolute atomic E-state index is 0.0560. The van der Waals surface area contributed by atoms with Gasteiger partial charge in [0.2, 0.25) is 0 Å². The molecule has 1 aliphatic heterocycles. The van der Waals surface area contributed by atoms with Crippen molar-refractivity contribution in [1.29, 1.82) is 0 Å². The van der Waals surface area contributed by atoms with Crippen LogP contribution in [0.5, 0.6) is 0 Å². The Bertz CT molecular complexity index is 1790. The van der Waals surface area contributed by atoms with Gasteiger partial charge in [0.1, 0.15) is 11.6 Å². The molecule has 2 heterocycles. The van der Waals surface area contributed by atoms with E-state index in [1.54, 1.807) is 6.20 Å². The van der Waals surface area contributed by atoms with Crippen molar-refractivity contribution < 1.29 is 37.1 Å². The van der Waals surface area contributed by atoms with E-state index in [0.717, 1.165) is 23.9 Å². The maximum Gasteiger partial charge on any atom is 0.333 e. The molecular formula is C30H35N7O9S2. The number of nitro benzene ring substituents is 1. The van der Waals surface area contributed by atoms with Gasteiger partial charge in [0.05, 0.1) is 16.2 Å². The average molecular weight is 702 g/mol. The predicted molar refractivity (Wildman–Crippen MR) is 179 cm³/mol. The number of anilines is 2. The fourth-order valence-corrected chi connectivity index (χ4v) is 6.11. The van der Waals surface area contributed by atoms with Crippen molar-refractivity contribution in [3.63, 3.8) is 0 Å². The highest BCUT2D eigenvalue weighted by molar-refractivity contribution is 7.99. The summed E-state index contributed by atoms with van der Waals surface area (Å²) in [6.45, 7) is 0.917. The highest BCUT2D eigenvalue weighted by atomic mass is 32.2. The summed E-state index contributed by atoms with van der Waals surface area (Å²) in [5, 5.41) is 24.4. The Morgan fingerprint density at radius 2 is 1.92 bits per heavy atom. The number of hydrogen-bond donors (Lipinski definition) is 2. The van der Waals surface area contributed by atoms with E-state index in [1.807, 2.05) is 31.3 Å². The standard InChI is InChI=1S/C30H35N7O9S2/c1-35(17-4-2-3-8-29(40)46-36-27(38)13-14-28(36)39)25-12-11-24(30-22(25)7-5-15-32-30)34-33-20-47-26-19-21(37(41)42)9-10-23(26)31-16-6-18-48(43,44)45/h5,7,9-12,15,19,31H,2-4,6,8,13-14,16-18,20H2,1H3,(H,43,44,45). The van der Waals surface area contributed by atoms with Crippen molar-refractivity contribution >= 4 is 73.3 Å². The zero-order valence-electron chi connectivity index (χ0n) is 26.1. The molecule has 2 aromatic carbocycles. The lowest BCUT2D eigenvalue weighted by molar-refractivity contribution is -0.385. The number of unbranched alkanes of at least 4 members (excludes halogenated alkanes) is 2. The Kier molecular flexibility index (Phi) is 12.8. The van der Waals surface area contributed by atoms with Crippen LogP contribution >= 0.6 is 11.8 Å². The van der Waals surface area contributed by atoms with Gasteiger partial charge in [0, 0.05) is 79.4 Å². The summed E-state index contributed by atoms with van der Waals surface area (Å²) in [4.78, 5) is 58.1. The molecule has 16 nitrogen and oxygen atoms in total. The second-order valence-electron chi connectivity index (χ2n) is 10.8. The van der Waals surface area contributed by atoms with Crippen LogP contribution in [-0.2, 0) is 29.3 Å². The van der Waals surface area contributed by atoms with Crippen LogP contribution in [-0.4, -0.2) is 77.5 Å². The molecule has 2 N–H and O–H groups in total. The number of pyridine rings is 1. The van der Waals surface area contributed by atoms with Crippen molar-refractivity contribution in [3.05, 3.63) is 58.8 Å². The van der Waals surface area contributed by atoms with Crippen LogP contribution in [0.2, 0.25) is 0 Å². The number of amides is 2. The lowest BCUT2D eigenvalue weighted by Crippen LogP contribution is -2.31. The molecule has 1 saturated heterocycles. The van der Waals surface area contributed by atoms with Crippen molar-refractivity contribution in [2.75, 3.05) is 42.0 Å². The Morgan fingerprint density at radius 3 is 2.65 bits per heavy atom. The highest BCUT2D eigenvalue weighted by Crippen LogP contribution is 2.34. The normalized spacial score (nSPS) is 13.4. The number of fused-ring (bicyclic) bond motifs is 1. The smallest absolute Gasteiger partial charge is 0.333 e. The molecule has 1 aromatic heterocycles. The summed E-state index contributed by atoms with van der Waals surface area (Å²) in [7, 11) is -2.14. The molecule has 0 aliphatic carbocycles. The number of imide groups is 1. The summed E-state index contributed by atoms with van der Waals surface area (Å²) in [5.41, 5.74) is 2.56. The largest absolute Gasteiger partial charge is 0.384 e. The maximum atomic E-state index is 12.0. The van der Waals surface area contributed by atoms with E-state index >= 15 is 0 Å². The number of hydrogen-bond acceptors (Lipinski definition) is 14. The zero-order chi connectivity index (χ0) is 34.7. The molecule has 256 valence electrons. The van der Waals surface area contributed by atoms with Gasteiger partial charge in [-0.2, -0.15) is 18.6 Å². The minimum atomic E-state index is -4.09. The van der Waals surface area contributed by atoms with E-state index in [0.29, 0.717) is 39.8 Å². The van der Waals surface area contributed by atoms with Gasteiger partial charge in [-0.1, -0.05) is 18.2 Å². The van der Waals surface area contributed by atoms with Gasteiger partial charge in [-0.05, 0) is 49.6 Å². The topological polar surface area (TPSA) is 214 Å². The predicted octanol–water partition coefficient (Wildman–Crippen LogP) is 5.27. The number of non-ortho nitro benzene ring substituents is 1. The van der Waals surface area contributed by atoms with Gasteiger partial charge < -0.3 is 15.1 Å². The first-order chi connectivity index (χ1) is 22.9. The summed E-state index contributed by atoms with van der Waals surface area (Å²) in [6.07, 6.45) is 4.07. The van der Waals surface area contributed by atoms with Crippen LogP contribution in [0.4, 0.5) is 22.7 Å². The first kappa shape index (κ1) is 36.2. The van der Waals surface area contributed by atoms with Crippen molar-refractivity contribution in [2.45, 2.75) is 49.8 Å². The van der Waals surface area contributed by atoms with Crippen molar-refractivity contribution in [3.8, 4) is 0 Å². The summed E-state index contributed by atoms with van der Waals surface area (Å²) >= 11 is 1.21. The van der Waals surface area contributed by atoms with E-state index in [1.165, 1.54) is 30.0 Å². The number of nitrogens with one attached hydrogen (secondary N) is 1. The number of hydroxylamine groups is 2. The van der Waals surface area contributed by atoms with Gasteiger partial charge >= 0.3 is 5.97 Å². The fraction of sp³-hybridized carbons (Fsp3) is 0.400. The van der Waals surface area contributed by atoms with Crippen LogP contribution in [0.1, 0.15) is 44.9 Å². The molecule has 0 spiro atoms. The minimum Gasteiger partial charge on any atom is -0.384 e. The molecule has 18 heteroatoms. The Morgan fingerprint density at radius 1 is 1.15 bits per heavy atom. The molecule has 48 heavy (non-hydrogen) atoms. The summed E-state index contributed by atoms with van der Waals surface area (Å²) in [6, 6.07) is 11.8. The summed E-state index contributed by atoms with van der Waals surface area (Å²) in [5.74, 6) is -1.88. The second kappa shape index (κ2) is 16.9. The molecule has 1 fully saturated rings. The molecular weight excluding hydrogens is 667 g/mol. The highest BCUT2D eigenvalue weighted by Gasteiger charge is 2.32. The lowest BCUT2D eigenvalue weighted by atomic mass is 10.1. The van der Waals surface area contributed by atoms with Crippen LogP contribution in [0, 0.1) is 10.1 Å². The van der Waals surface area contributed by atoms with Gasteiger partial charge in [0.25, 0.3) is 27.6 Å². The zero-order valence-corrected chi connectivity index (χ0v) is 27.7.